The zero-order chi connectivity index (χ0) is 16.5. The van der Waals surface area contributed by atoms with Gasteiger partial charge in [0.15, 0.2) is 21.7 Å². The summed E-state index contributed by atoms with van der Waals surface area (Å²) in [6, 6.07) is 5.91. The first kappa shape index (κ1) is 16.0. The average molecular weight is 322 g/mol. The minimum absolute atomic E-state index is 0.151. The standard InChI is InChI=1S/C14H14N2O5S/c1-9-14(18)16(2)11-7-10(3-4-13(11)21-9)12(17)8-22(19,20)6-5-15/h3-4,7,9H,6,8H2,1-2H3. The van der Waals surface area contributed by atoms with E-state index in [0.717, 1.165) is 0 Å². The minimum atomic E-state index is -3.76. The third-order valence-corrected chi connectivity index (χ3v) is 4.53. The number of carbonyl (C=O) groups excluding carboxylic acids is 2. The second kappa shape index (κ2) is 5.77. The van der Waals surface area contributed by atoms with Crippen LogP contribution in [0.3, 0.4) is 0 Å². The molecule has 0 aromatic heterocycles. The van der Waals surface area contributed by atoms with E-state index in [1.165, 1.54) is 29.2 Å². The predicted molar refractivity (Wildman–Crippen MR) is 78.5 cm³/mol. The van der Waals surface area contributed by atoms with Crippen molar-refractivity contribution in [1.82, 2.24) is 0 Å². The van der Waals surface area contributed by atoms with Crippen LogP contribution in [0.5, 0.6) is 5.75 Å². The summed E-state index contributed by atoms with van der Waals surface area (Å²) in [5, 5.41) is 8.43. The number of Topliss-reactive ketones (excluding diaryl/α,β-unsaturated/α-hetero) is 1. The van der Waals surface area contributed by atoms with E-state index in [4.69, 9.17) is 10.00 Å². The second-order valence-corrected chi connectivity index (χ2v) is 7.02. The van der Waals surface area contributed by atoms with Gasteiger partial charge in [0.1, 0.15) is 17.3 Å². The Labute approximate surface area is 128 Å². The Kier molecular flexibility index (Phi) is 4.19. The molecule has 7 nitrogen and oxygen atoms in total. The molecule has 1 amide bonds. The molecule has 0 bridgehead atoms. The summed E-state index contributed by atoms with van der Waals surface area (Å²) in [5.74, 6) is -1.88. The van der Waals surface area contributed by atoms with Crippen molar-refractivity contribution in [3.05, 3.63) is 23.8 Å². The maximum Gasteiger partial charge on any atom is 0.267 e. The van der Waals surface area contributed by atoms with Crippen molar-refractivity contribution in [2.45, 2.75) is 13.0 Å². The molecule has 0 fully saturated rings. The maximum absolute atomic E-state index is 12.0. The lowest BCUT2D eigenvalue weighted by molar-refractivity contribution is -0.125. The van der Waals surface area contributed by atoms with Crippen molar-refractivity contribution < 1.29 is 22.7 Å². The summed E-state index contributed by atoms with van der Waals surface area (Å²) < 4.78 is 28.5. The van der Waals surface area contributed by atoms with Crippen LogP contribution in [0.1, 0.15) is 17.3 Å². The first-order valence-electron chi connectivity index (χ1n) is 6.44. The zero-order valence-corrected chi connectivity index (χ0v) is 12.9. The van der Waals surface area contributed by atoms with Gasteiger partial charge in [0.2, 0.25) is 0 Å². The van der Waals surface area contributed by atoms with Crippen molar-refractivity contribution in [2.24, 2.45) is 0 Å². The van der Waals surface area contributed by atoms with Gasteiger partial charge < -0.3 is 9.64 Å². The number of nitrogens with zero attached hydrogens (tertiary/aromatic N) is 2. The number of carbonyl (C=O) groups is 2. The van der Waals surface area contributed by atoms with Crippen LogP contribution in [0.4, 0.5) is 5.69 Å². The van der Waals surface area contributed by atoms with Gasteiger partial charge in [0.05, 0.1) is 11.8 Å². The highest BCUT2D eigenvalue weighted by molar-refractivity contribution is 7.92. The molecule has 2 rings (SSSR count). The van der Waals surface area contributed by atoms with Crippen molar-refractivity contribution in [2.75, 3.05) is 23.5 Å². The third-order valence-electron chi connectivity index (χ3n) is 3.26. The molecule has 1 aliphatic rings. The number of sulfone groups is 1. The number of hydrogen-bond acceptors (Lipinski definition) is 6. The molecule has 0 radical (unpaired) electrons. The summed E-state index contributed by atoms with van der Waals surface area (Å²) in [7, 11) is -2.20. The quantitative estimate of drug-likeness (QED) is 0.750. The van der Waals surface area contributed by atoms with E-state index < -0.39 is 33.2 Å². The highest BCUT2D eigenvalue weighted by Gasteiger charge is 2.29. The maximum atomic E-state index is 12.0. The largest absolute Gasteiger partial charge is 0.479 e. The van der Waals surface area contributed by atoms with E-state index >= 15 is 0 Å². The molecule has 1 aromatic rings. The van der Waals surface area contributed by atoms with Crippen LogP contribution >= 0.6 is 0 Å². The molecular formula is C14H14N2O5S. The zero-order valence-electron chi connectivity index (χ0n) is 12.1. The average Bonchev–Trinajstić information content (AvgIpc) is 2.44. The summed E-state index contributed by atoms with van der Waals surface area (Å²) in [5.41, 5.74) is 0.560. The third kappa shape index (κ3) is 3.09. The number of anilines is 1. The first-order valence-corrected chi connectivity index (χ1v) is 8.26. The Bertz CT molecular complexity index is 779. The Balaban J connectivity index is 2.31. The molecule has 1 atom stereocenters. The van der Waals surface area contributed by atoms with Gasteiger partial charge in [-0.3, -0.25) is 9.59 Å². The molecule has 0 saturated carbocycles. The monoisotopic (exact) mass is 322 g/mol. The van der Waals surface area contributed by atoms with E-state index in [9.17, 15) is 18.0 Å². The fourth-order valence-corrected chi connectivity index (χ4v) is 2.98. The van der Waals surface area contributed by atoms with Gasteiger partial charge in [0, 0.05) is 12.6 Å². The molecular weight excluding hydrogens is 308 g/mol. The number of ketones is 1. The molecule has 0 saturated heterocycles. The SMILES string of the molecule is CC1Oc2ccc(C(=O)CS(=O)(=O)CC#N)cc2N(C)C1=O. The van der Waals surface area contributed by atoms with Crippen LogP contribution in [0.15, 0.2) is 18.2 Å². The number of rotatable bonds is 4. The van der Waals surface area contributed by atoms with Crippen LogP contribution in [0, 0.1) is 11.3 Å². The lowest BCUT2D eigenvalue weighted by Gasteiger charge is -2.30. The van der Waals surface area contributed by atoms with E-state index in [-0.39, 0.29) is 11.5 Å². The van der Waals surface area contributed by atoms with E-state index in [2.05, 4.69) is 0 Å². The normalized spacial score (nSPS) is 17.4. The summed E-state index contributed by atoms with van der Waals surface area (Å²) >= 11 is 0. The summed E-state index contributed by atoms with van der Waals surface area (Å²) in [6.45, 7) is 1.62. The van der Waals surface area contributed by atoms with Gasteiger partial charge in [-0.1, -0.05) is 0 Å². The van der Waals surface area contributed by atoms with Crippen LogP contribution in [0.2, 0.25) is 0 Å². The van der Waals surface area contributed by atoms with Crippen LogP contribution in [0.25, 0.3) is 0 Å². The fourth-order valence-electron chi connectivity index (χ4n) is 2.12. The van der Waals surface area contributed by atoms with E-state index in [1.807, 2.05) is 0 Å². The molecule has 0 aliphatic carbocycles. The van der Waals surface area contributed by atoms with Crippen LogP contribution < -0.4 is 9.64 Å². The Morgan fingerprint density at radius 3 is 2.77 bits per heavy atom. The lowest BCUT2D eigenvalue weighted by Crippen LogP contribution is -2.42. The summed E-state index contributed by atoms with van der Waals surface area (Å²) in [6.07, 6.45) is -0.616. The topological polar surface area (TPSA) is 105 Å². The van der Waals surface area contributed by atoms with Gasteiger partial charge >= 0.3 is 0 Å². The highest BCUT2D eigenvalue weighted by atomic mass is 32.2. The van der Waals surface area contributed by atoms with Crippen molar-refractivity contribution >= 4 is 27.2 Å². The molecule has 22 heavy (non-hydrogen) atoms. The number of fused-ring (bicyclic) bond motifs is 1. The first-order chi connectivity index (χ1) is 10.2. The van der Waals surface area contributed by atoms with Crippen LogP contribution in [-0.4, -0.2) is 44.8 Å². The molecule has 8 heteroatoms. The number of benzene rings is 1. The van der Waals surface area contributed by atoms with Gasteiger partial charge in [-0.05, 0) is 25.1 Å². The minimum Gasteiger partial charge on any atom is -0.479 e. The Morgan fingerprint density at radius 1 is 1.45 bits per heavy atom. The lowest BCUT2D eigenvalue weighted by atomic mass is 10.1. The fraction of sp³-hybridized carbons (Fsp3) is 0.357. The molecule has 1 unspecified atom stereocenters. The molecule has 0 spiro atoms. The van der Waals surface area contributed by atoms with Gasteiger partial charge in [-0.15, -0.1) is 0 Å². The summed E-state index contributed by atoms with van der Waals surface area (Å²) in [4.78, 5) is 25.3. The highest BCUT2D eigenvalue weighted by Crippen LogP contribution is 2.34. The smallest absolute Gasteiger partial charge is 0.267 e. The number of hydrogen-bond donors (Lipinski definition) is 0. The molecule has 0 N–H and O–H groups in total. The van der Waals surface area contributed by atoms with Gasteiger partial charge in [-0.25, -0.2) is 8.42 Å². The molecule has 116 valence electrons. The van der Waals surface area contributed by atoms with Crippen molar-refractivity contribution in [3.8, 4) is 11.8 Å². The Morgan fingerprint density at radius 2 is 2.14 bits per heavy atom. The number of amides is 1. The Hall–Kier alpha value is -2.40. The number of nitriles is 1. The van der Waals surface area contributed by atoms with E-state index in [1.54, 1.807) is 14.0 Å². The number of ether oxygens (including phenoxy) is 1. The predicted octanol–water partition coefficient (Wildman–Crippen LogP) is 0.551. The molecule has 1 aromatic carbocycles. The van der Waals surface area contributed by atoms with Crippen molar-refractivity contribution in [1.29, 1.82) is 5.26 Å². The molecule has 1 heterocycles. The number of likely N-dealkylation sites (N-methyl/N-ethyl adjacent to an activating group) is 1. The van der Waals surface area contributed by atoms with Gasteiger partial charge in [-0.2, -0.15) is 5.26 Å². The van der Waals surface area contributed by atoms with Crippen molar-refractivity contribution in [3.63, 3.8) is 0 Å². The van der Waals surface area contributed by atoms with Gasteiger partial charge in [0.25, 0.3) is 5.91 Å². The second-order valence-electron chi connectivity index (χ2n) is 4.95. The van der Waals surface area contributed by atoms with E-state index in [0.29, 0.717) is 11.4 Å². The molecule has 1 aliphatic heterocycles. The van der Waals surface area contributed by atoms with Crippen LogP contribution in [-0.2, 0) is 14.6 Å².